The monoisotopic (exact) mass is 338 g/mol. The Morgan fingerprint density at radius 2 is 1.32 bits per heavy atom. The van der Waals surface area contributed by atoms with Crippen LogP contribution in [0.3, 0.4) is 0 Å². The molecule has 2 aromatic rings. The summed E-state index contributed by atoms with van der Waals surface area (Å²) in [4.78, 5) is 5.07. The summed E-state index contributed by atoms with van der Waals surface area (Å²) in [6.07, 6.45) is 0.0133. The Hall–Kier alpha value is -1.68. The molecule has 0 atom stereocenters. The van der Waals surface area contributed by atoms with E-state index < -0.39 is 0 Å². The first-order valence-electron chi connectivity index (χ1n) is 9.42. The smallest absolute Gasteiger partial charge is 0.108 e. The molecular formula is C22H30N2O. The molecule has 3 rings (SSSR count). The maximum atomic E-state index is 6.34. The van der Waals surface area contributed by atoms with E-state index in [9.17, 15) is 0 Å². The van der Waals surface area contributed by atoms with Crippen LogP contribution in [0, 0.1) is 0 Å². The summed E-state index contributed by atoms with van der Waals surface area (Å²) in [5.41, 5.74) is 2.44. The van der Waals surface area contributed by atoms with Crippen molar-refractivity contribution in [3.05, 3.63) is 71.8 Å². The van der Waals surface area contributed by atoms with Crippen molar-refractivity contribution in [2.75, 3.05) is 39.3 Å². The Kier molecular flexibility index (Phi) is 6.62. The lowest BCUT2D eigenvalue weighted by atomic mass is 10.0. The van der Waals surface area contributed by atoms with E-state index in [0.717, 1.165) is 26.2 Å². The SMILES string of the molecule is CC(C)N1CCN(CCOC(c2ccccc2)c2ccccc2)CC1. The number of piperazine rings is 1. The van der Waals surface area contributed by atoms with E-state index in [0.29, 0.717) is 6.04 Å². The van der Waals surface area contributed by atoms with Crippen molar-refractivity contribution in [1.29, 1.82) is 0 Å². The van der Waals surface area contributed by atoms with E-state index in [4.69, 9.17) is 4.74 Å². The summed E-state index contributed by atoms with van der Waals surface area (Å²) in [7, 11) is 0. The molecular weight excluding hydrogens is 308 g/mol. The van der Waals surface area contributed by atoms with Crippen LogP contribution in [0.5, 0.6) is 0 Å². The van der Waals surface area contributed by atoms with E-state index in [1.54, 1.807) is 0 Å². The molecule has 1 fully saturated rings. The lowest BCUT2D eigenvalue weighted by Gasteiger charge is -2.37. The van der Waals surface area contributed by atoms with Crippen molar-refractivity contribution in [1.82, 2.24) is 9.80 Å². The molecule has 1 heterocycles. The van der Waals surface area contributed by atoms with Crippen LogP contribution >= 0.6 is 0 Å². The molecule has 0 unspecified atom stereocenters. The number of benzene rings is 2. The predicted molar refractivity (Wildman–Crippen MR) is 104 cm³/mol. The highest BCUT2D eigenvalue weighted by Crippen LogP contribution is 2.25. The van der Waals surface area contributed by atoms with Gasteiger partial charge in [0.15, 0.2) is 0 Å². The number of ether oxygens (including phenoxy) is 1. The van der Waals surface area contributed by atoms with E-state index in [1.165, 1.54) is 24.2 Å². The molecule has 0 aliphatic carbocycles. The lowest BCUT2D eigenvalue weighted by Crippen LogP contribution is -2.49. The second-order valence-electron chi connectivity index (χ2n) is 7.04. The van der Waals surface area contributed by atoms with Gasteiger partial charge in [0.25, 0.3) is 0 Å². The normalized spacial score (nSPS) is 16.6. The van der Waals surface area contributed by atoms with Crippen molar-refractivity contribution in [2.24, 2.45) is 0 Å². The third-order valence-corrected chi connectivity index (χ3v) is 5.03. The van der Waals surface area contributed by atoms with Gasteiger partial charge in [-0.1, -0.05) is 60.7 Å². The lowest BCUT2D eigenvalue weighted by molar-refractivity contribution is 0.0407. The Balaban J connectivity index is 1.55. The van der Waals surface area contributed by atoms with Crippen molar-refractivity contribution in [3.8, 4) is 0 Å². The van der Waals surface area contributed by atoms with Crippen molar-refractivity contribution in [2.45, 2.75) is 26.0 Å². The standard InChI is InChI=1S/C22H30N2O/c1-19(2)24-15-13-23(14-16-24)17-18-25-22(20-9-5-3-6-10-20)21-11-7-4-8-12-21/h3-12,19,22H,13-18H2,1-2H3. The Bertz CT molecular complexity index is 567. The predicted octanol–water partition coefficient (Wildman–Crippen LogP) is 3.82. The minimum atomic E-state index is 0.0133. The van der Waals surface area contributed by atoms with Crippen molar-refractivity contribution in [3.63, 3.8) is 0 Å². The summed E-state index contributed by atoms with van der Waals surface area (Å²) < 4.78 is 6.34. The largest absolute Gasteiger partial charge is 0.367 e. The third-order valence-electron chi connectivity index (χ3n) is 5.03. The van der Waals surface area contributed by atoms with Crippen LogP contribution in [-0.4, -0.2) is 55.2 Å². The molecule has 0 radical (unpaired) electrons. The maximum absolute atomic E-state index is 6.34. The minimum Gasteiger partial charge on any atom is -0.367 e. The van der Waals surface area contributed by atoms with Gasteiger partial charge in [0, 0.05) is 38.8 Å². The molecule has 1 saturated heterocycles. The fourth-order valence-electron chi connectivity index (χ4n) is 3.44. The van der Waals surface area contributed by atoms with Gasteiger partial charge in [-0.15, -0.1) is 0 Å². The average Bonchev–Trinajstić information content (AvgIpc) is 2.67. The molecule has 0 amide bonds. The topological polar surface area (TPSA) is 15.7 Å². The van der Waals surface area contributed by atoms with E-state index in [-0.39, 0.29) is 6.10 Å². The van der Waals surface area contributed by atoms with E-state index in [1.807, 2.05) is 0 Å². The number of hydrogen-bond donors (Lipinski definition) is 0. The fraction of sp³-hybridized carbons (Fsp3) is 0.455. The molecule has 0 N–H and O–H groups in total. The Labute approximate surface area is 152 Å². The van der Waals surface area contributed by atoms with Crippen LogP contribution in [0.4, 0.5) is 0 Å². The fourth-order valence-corrected chi connectivity index (χ4v) is 3.44. The molecule has 0 aromatic heterocycles. The van der Waals surface area contributed by atoms with Gasteiger partial charge in [-0.25, -0.2) is 0 Å². The van der Waals surface area contributed by atoms with Gasteiger partial charge in [0.1, 0.15) is 6.10 Å². The maximum Gasteiger partial charge on any atom is 0.108 e. The zero-order valence-electron chi connectivity index (χ0n) is 15.5. The first kappa shape index (κ1) is 18.1. The number of hydrogen-bond acceptors (Lipinski definition) is 3. The zero-order valence-corrected chi connectivity index (χ0v) is 15.5. The molecule has 0 bridgehead atoms. The van der Waals surface area contributed by atoms with Gasteiger partial charge in [0.05, 0.1) is 6.61 Å². The van der Waals surface area contributed by atoms with Crippen LogP contribution in [0.2, 0.25) is 0 Å². The summed E-state index contributed by atoms with van der Waals surface area (Å²) in [6, 6.07) is 21.7. The van der Waals surface area contributed by atoms with E-state index in [2.05, 4.69) is 84.3 Å². The number of nitrogens with zero attached hydrogens (tertiary/aromatic N) is 2. The van der Waals surface area contributed by atoms with Gasteiger partial charge in [-0.2, -0.15) is 0 Å². The summed E-state index contributed by atoms with van der Waals surface area (Å²) in [5, 5.41) is 0. The Morgan fingerprint density at radius 1 is 0.800 bits per heavy atom. The first-order valence-corrected chi connectivity index (χ1v) is 9.42. The van der Waals surface area contributed by atoms with Gasteiger partial charge in [-0.05, 0) is 25.0 Å². The van der Waals surface area contributed by atoms with Gasteiger partial charge in [0.2, 0.25) is 0 Å². The highest BCUT2D eigenvalue weighted by molar-refractivity contribution is 5.29. The Morgan fingerprint density at radius 3 is 1.80 bits per heavy atom. The van der Waals surface area contributed by atoms with E-state index >= 15 is 0 Å². The number of rotatable bonds is 7. The molecule has 0 saturated carbocycles. The first-order chi connectivity index (χ1) is 12.2. The molecule has 3 nitrogen and oxygen atoms in total. The van der Waals surface area contributed by atoms with Crippen molar-refractivity contribution < 1.29 is 4.74 Å². The molecule has 2 aromatic carbocycles. The van der Waals surface area contributed by atoms with Gasteiger partial charge in [-0.3, -0.25) is 9.80 Å². The van der Waals surface area contributed by atoms with Gasteiger partial charge >= 0.3 is 0 Å². The second-order valence-corrected chi connectivity index (χ2v) is 7.04. The molecule has 1 aliphatic heterocycles. The highest BCUT2D eigenvalue weighted by atomic mass is 16.5. The minimum absolute atomic E-state index is 0.0133. The molecule has 25 heavy (non-hydrogen) atoms. The van der Waals surface area contributed by atoms with Gasteiger partial charge < -0.3 is 4.74 Å². The third kappa shape index (κ3) is 5.15. The second kappa shape index (κ2) is 9.14. The molecule has 134 valence electrons. The summed E-state index contributed by atoms with van der Waals surface area (Å²) in [5.74, 6) is 0. The van der Waals surface area contributed by atoms with Crippen LogP contribution < -0.4 is 0 Å². The quantitative estimate of drug-likeness (QED) is 0.763. The van der Waals surface area contributed by atoms with Crippen LogP contribution in [-0.2, 0) is 4.74 Å². The average molecular weight is 338 g/mol. The zero-order chi connectivity index (χ0) is 17.5. The highest BCUT2D eigenvalue weighted by Gasteiger charge is 2.19. The summed E-state index contributed by atoms with van der Waals surface area (Å²) >= 11 is 0. The molecule has 0 spiro atoms. The van der Waals surface area contributed by atoms with Crippen molar-refractivity contribution >= 4 is 0 Å². The van der Waals surface area contributed by atoms with Crippen LogP contribution in [0.25, 0.3) is 0 Å². The van der Waals surface area contributed by atoms with Crippen LogP contribution in [0.1, 0.15) is 31.1 Å². The van der Waals surface area contributed by atoms with Crippen LogP contribution in [0.15, 0.2) is 60.7 Å². The summed E-state index contributed by atoms with van der Waals surface area (Å²) in [6.45, 7) is 10.9. The molecule has 1 aliphatic rings. The molecule has 3 heteroatoms.